The minimum Gasteiger partial charge on any atom is -0.786 e. The maximum absolute atomic E-state index is 8.70. The normalized spacial score (nSPS) is 11.6. The Hall–Kier alpha value is 0.740. The second kappa shape index (κ2) is 25.0. The van der Waals surface area contributed by atoms with E-state index < -0.39 is 15.9 Å². The van der Waals surface area contributed by atoms with E-state index in [1.165, 1.54) is 89.9 Å². The molecule has 5 heteroatoms. The largest absolute Gasteiger partial charge is 0.786 e. The third-order valence-electron chi connectivity index (χ3n) is 5.94. The minimum absolute atomic E-state index is 0.640. The molecule has 0 aliphatic carbocycles. The molecule has 0 bridgehead atoms. The molecule has 0 aromatic carbocycles. The first kappa shape index (κ1) is 31.9. The maximum Gasteiger partial charge on any atom is 0.0755 e. The smallest absolute Gasteiger partial charge is 0.0755 e. The van der Waals surface area contributed by atoms with Crippen molar-refractivity contribution in [3.8, 4) is 0 Å². The molecule has 0 unspecified atom stereocenters. The second-order valence-electron chi connectivity index (χ2n) is 8.73. The number of hydrogen-bond donors (Lipinski definition) is 2. The highest BCUT2D eigenvalue weighted by molar-refractivity contribution is 7.75. The van der Waals surface area contributed by atoms with Crippen LogP contribution in [0.2, 0.25) is 0 Å². The van der Waals surface area contributed by atoms with Crippen molar-refractivity contribution in [2.45, 2.75) is 130 Å². The first-order chi connectivity index (χ1) is 14.0. The average Bonchev–Trinajstić information content (AvgIpc) is 2.69. The van der Waals surface area contributed by atoms with Crippen molar-refractivity contribution in [1.29, 1.82) is 0 Å². The van der Waals surface area contributed by atoms with E-state index >= 15 is 0 Å². The van der Waals surface area contributed by atoms with E-state index in [1.807, 2.05) is 0 Å². The minimum atomic E-state index is -2.87. The second-order valence-corrected chi connectivity index (χ2v) is 13.7. The van der Waals surface area contributed by atoms with E-state index in [0.717, 1.165) is 0 Å². The highest BCUT2D eigenvalue weighted by Crippen LogP contribution is 2.61. The van der Waals surface area contributed by atoms with Gasteiger partial charge in [-0.1, -0.05) is 91.9 Å². The van der Waals surface area contributed by atoms with Crippen LogP contribution in [0, 0.1) is 0 Å². The highest BCUT2D eigenvalue weighted by Gasteiger charge is 2.34. The molecule has 0 radical (unpaired) electrons. The molecule has 0 amide bonds. The molecule has 0 saturated carbocycles. The van der Waals surface area contributed by atoms with Crippen molar-refractivity contribution in [1.82, 2.24) is 0 Å². The molecule has 0 fully saturated rings. The van der Waals surface area contributed by atoms with Crippen LogP contribution < -0.4 is 4.89 Å². The topological polar surface area (TPSA) is 63.5 Å². The van der Waals surface area contributed by atoms with E-state index in [9.17, 15) is 0 Å². The van der Waals surface area contributed by atoms with Crippen molar-refractivity contribution in [3.63, 3.8) is 0 Å². The SMILES string of the molecule is CCCCCCCC[P+](CCCC)(CCCC)CCCCCCCC.[O-]P(O)O. The van der Waals surface area contributed by atoms with E-state index in [2.05, 4.69) is 27.7 Å². The molecule has 0 aromatic heterocycles. The summed E-state index contributed by atoms with van der Waals surface area (Å²) in [6.07, 6.45) is 30.0. The van der Waals surface area contributed by atoms with Gasteiger partial charge in [0.25, 0.3) is 0 Å². The lowest BCUT2D eigenvalue weighted by Crippen LogP contribution is -2.13. The number of rotatable bonds is 20. The van der Waals surface area contributed by atoms with Gasteiger partial charge < -0.3 is 14.7 Å². The predicted molar refractivity (Wildman–Crippen MR) is 134 cm³/mol. The zero-order valence-electron chi connectivity index (χ0n) is 20.3. The molecule has 0 spiro atoms. The average molecular weight is 453 g/mol. The van der Waals surface area contributed by atoms with Gasteiger partial charge in [0.15, 0.2) is 0 Å². The lowest BCUT2D eigenvalue weighted by molar-refractivity contribution is -0.193. The van der Waals surface area contributed by atoms with Gasteiger partial charge in [0.1, 0.15) is 0 Å². The molecular formula is C24H54O3P2. The zero-order valence-corrected chi connectivity index (χ0v) is 22.1. The van der Waals surface area contributed by atoms with Crippen LogP contribution in [0.1, 0.15) is 130 Å². The van der Waals surface area contributed by atoms with Crippen molar-refractivity contribution in [2.24, 2.45) is 0 Å². The molecule has 0 aliphatic rings. The van der Waals surface area contributed by atoms with Crippen molar-refractivity contribution in [3.05, 3.63) is 0 Å². The standard InChI is InChI=1S/C24H52P.H2O3P/c1-5-9-13-15-17-19-23-25(21-11-7-3,22-12-8-4)24-20-18-16-14-10-6-2;1-4(2)3/h5-24H2,1-4H3;1-2H/q+1;-1. The Morgan fingerprint density at radius 3 is 1.03 bits per heavy atom. The Morgan fingerprint density at radius 1 is 0.483 bits per heavy atom. The maximum atomic E-state index is 8.70. The Morgan fingerprint density at radius 2 is 0.724 bits per heavy atom. The van der Waals surface area contributed by atoms with Crippen molar-refractivity contribution >= 4 is 15.9 Å². The van der Waals surface area contributed by atoms with Gasteiger partial charge >= 0.3 is 0 Å². The summed E-state index contributed by atoms with van der Waals surface area (Å²) in [7, 11) is -3.51. The van der Waals surface area contributed by atoms with Crippen LogP contribution in [-0.2, 0) is 0 Å². The van der Waals surface area contributed by atoms with Gasteiger partial charge in [-0.2, -0.15) is 0 Å². The molecule has 0 heterocycles. The third-order valence-corrected chi connectivity index (χ3v) is 11.0. The molecule has 0 rings (SSSR count). The molecule has 2 N–H and O–H groups in total. The van der Waals surface area contributed by atoms with Crippen LogP contribution in [0.25, 0.3) is 0 Å². The van der Waals surface area contributed by atoms with Crippen LogP contribution in [0.3, 0.4) is 0 Å². The summed E-state index contributed by atoms with van der Waals surface area (Å²) in [6.45, 7) is 9.44. The van der Waals surface area contributed by atoms with Gasteiger partial charge in [-0.25, -0.2) is 0 Å². The highest BCUT2D eigenvalue weighted by atomic mass is 31.2. The summed E-state index contributed by atoms with van der Waals surface area (Å²) in [5.74, 6) is 0. The lowest BCUT2D eigenvalue weighted by Gasteiger charge is -2.28. The first-order valence-corrected chi connectivity index (χ1v) is 16.4. The summed E-state index contributed by atoms with van der Waals surface area (Å²) in [6, 6.07) is 0. The van der Waals surface area contributed by atoms with E-state index in [4.69, 9.17) is 14.7 Å². The van der Waals surface area contributed by atoms with Crippen molar-refractivity contribution < 1.29 is 14.7 Å². The fourth-order valence-electron chi connectivity index (χ4n) is 4.11. The van der Waals surface area contributed by atoms with Gasteiger partial charge in [-0.3, -0.25) is 0 Å². The van der Waals surface area contributed by atoms with E-state index in [0.29, 0.717) is 0 Å². The lowest BCUT2D eigenvalue weighted by atomic mass is 10.1. The summed E-state index contributed by atoms with van der Waals surface area (Å²) >= 11 is 0. The molecule has 0 saturated heterocycles. The van der Waals surface area contributed by atoms with Gasteiger partial charge in [0.05, 0.1) is 33.3 Å². The molecule has 0 aromatic rings. The Bertz CT molecular complexity index is 273. The van der Waals surface area contributed by atoms with Crippen LogP contribution in [-0.4, -0.2) is 34.4 Å². The number of hydrogen-bond acceptors (Lipinski definition) is 3. The van der Waals surface area contributed by atoms with E-state index in [1.54, 1.807) is 37.5 Å². The van der Waals surface area contributed by atoms with Crippen LogP contribution in [0.5, 0.6) is 0 Å². The monoisotopic (exact) mass is 452 g/mol. The summed E-state index contributed by atoms with van der Waals surface area (Å²) in [4.78, 5) is 22.9. The van der Waals surface area contributed by atoms with Gasteiger partial charge in [0, 0.05) is 7.26 Å². The summed E-state index contributed by atoms with van der Waals surface area (Å²) in [5, 5.41) is 0. The Balaban J connectivity index is 0. The van der Waals surface area contributed by atoms with Crippen molar-refractivity contribution in [2.75, 3.05) is 24.6 Å². The van der Waals surface area contributed by atoms with Crippen LogP contribution in [0.15, 0.2) is 0 Å². The molecular weight excluding hydrogens is 398 g/mol. The van der Waals surface area contributed by atoms with E-state index in [-0.39, 0.29) is 0 Å². The quantitative estimate of drug-likeness (QED) is 0.146. The van der Waals surface area contributed by atoms with Gasteiger partial charge in [-0.05, 0) is 38.5 Å². The summed E-state index contributed by atoms with van der Waals surface area (Å²) < 4.78 is 0. The summed E-state index contributed by atoms with van der Waals surface area (Å²) in [5.41, 5.74) is 0. The fraction of sp³-hybridized carbons (Fsp3) is 1.00. The molecule has 0 aliphatic heterocycles. The predicted octanol–water partition coefficient (Wildman–Crippen LogP) is 7.88. The zero-order chi connectivity index (χ0) is 22.2. The van der Waals surface area contributed by atoms with Gasteiger partial charge in [0.2, 0.25) is 0 Å². The Kier molecular flexibility index (Phi) is 27.5. The van der Waals surface area contributed by atoms with Crippen LogP contribution >= 0.6 is 15.9 Å². The number of unbranched alkanes of at least 4 members (excludes halogenated alkanes) is 12. The third kappa shape index (κ3) is 24.9. The fourth-order valence-corrected chi connectivity index (χ4v) is 9.22. The molecule has 0 atom stereocenters. The molecule has 3 nitrogen and oxygen atoms in total. The molecule has 29 heavy (non-hydrogen) atoms. The molecule has 178 valence electrons. The van der Waals surface area contributed by atoms with Gasteiger partial charge in [-0.15, -0.1) is 0 Å². The first-order valence-electron chi connectivity index (χ1n) is 12.7. The Labute approximate surface area is 185 Å². The van der Waals surface area contributed by atoms with Crippen LogP contribution in [0.4, 0.5) is 0 Å².